The number of hydrogen-bond donors (Lipinski definition) is 0. The Kier molecular flexibility index (Phi) is 7.88. The number of anilines is 1. The summed E-state index contributed by atoms with van der Waals surface area (Å²) in [5, 5.41) is 0. The van der Waals surface area contributed by atoms with Gasteiger partial charge in [0.05, 0.1) is 10.7 Å². The van der Waals surface area contributed by atoms with E-state index in [1.54, 1.807) is 4.31 Å². The summed E-state index contributed by atoms with van der Waals surface area (Å²) in [7, 11) is -3.10. The second kappa shape index (κ2) is 10.7. The molecule has 0 atom stereocenters. The van der Waals surface area contributed by atoms with Crippen LogP contribution in [0.1, 0.15) is 30.9 Å². The summed E-state index contributed by atoms with van der Waals surface area (Å²) in [5.74, 6) is 1.66. The Morgan fingerprint density at radius 2 is 1.70 bits per heavy atom. The number of halogens is 1. The predicted molar refractivity (Wildman–Crippen MR) is 133 cm³/mol. The molecule has 2 saturated heterocycles. The first-order chi connectivity index (χ1) is 15.8. The largest absolute Gasteiger partial charge is 0.489 e. The van der Waals surface area contributed by atoms with Crippen molar-refractivity contribution in [3.8, 4) is 5.75 Å². The highest BCUT2D eigenvalue weighted by Crippen LogP contribution is 2.30. The summed E-state index contributed by atoms with van der Waals surface area (Å²) >= 11 is 3.68. The van der Waals surface area contributed by atoms with Crippen LogP contribution in [-0.4, -0.2) is 79.2 Å². The highest BCUT2D eigenvalue weighted by molar-refractivity contribution is 9.10. The SMILES string of the molecule is CCc1cnc(N2CCC(Oc3ccc(CN4CCN(S(C)(=O)=O)CC4)cc3Br)CC2)nc1. The number of hydrogen-bond acceptors (Lipinski definition) is 7. The van der Waals surface area contributed by atoms with E-state index in [-0.39, 0.29) is 6.10 Å². The van der Waals surface area contributed by atoms with Gasteiger partial charge in [-0.25, -0.2) is 18.4 Å². The smallest absolute Gasteiger partial charge is 0.225 e. The first-order valence-corrected chi connectivity index (χ1v) is 14.1. The molecule has 1 aromatic carbocycles. The molecule has 0 aliphatic carbocycles. The Bertz CT molecular complexity index is 1030. The summed E-state index contributed by atoms with van der Waals surface area (Å²) in [4.78, 5) is 13.5. The lowest BCUT2D eigenvalue weighted by atomic mass is 10.1. The Labute approximate surface area is 205 Å². The van der Waals surface area contributed by atoms with Crippen molar-refractivity contribution >= 4 is 31.9 Å². The molecular weight excluding hydrogens is 506 g/mol. The molecule has 180 valence electrons. The standard InChI is InChI=1S/C23H32BrN5O3S/c1-3-18-15-25-23(26-16-18)28-8-6-20(7-9-28)32-22-5-4-19(14-21(22)24)17-27-10-12-29(13-11-27)33(2,30)31/h4-5,14-16,20H,3,6-13,17H2,1-2H3. The van der Waals surface area contributed by atoms with Crippen molar-refractivity contribution in [2.45, 2.75) is 38.8 Å². The number of sulfonamides is 1. The Morgan fingerprint density at radius 3 is 2.27 bits per heavy atom. The zero-order chi connectivity index (χ0) is 23.4. The van der Waals surface area contributed by atoms with Crippen LogP contribution in [0.4, 0.5) is 5.95 Å². The summed E-state index contributed by atoms with van der Waals surface area (Å²) in [5.41, 5.74) is 2.34. The van der Waals surface area contributed by atoms with Gasteiger partial charge in [0.25, 0.3) is 0 Å². The molecule has 0 unspecified atom stereocenters. The van der Waals surface area contributed by atoms with Crippen molar-refractivity contribution in [2.75, 3.05) is 50.4 Å². The number of ether oxygens (including phenoxy) is 1. The van der Waals surface area contributed by atoms with Gasteiger partial charge in [0, 0.05) is 71.0 Å². The maximum atomic E-state index is 11.7. The average Bonchev–Trinajstić information content (AvgIpc) is 2.81. The van der Waals surface area contributed by atoms with Gasteiger partial charge >= 0.3 is 0 Å². The molecule has 0 N–H and O–H groups in total. The molecule has 4 rings (SSSR count). The predicted octanol–water partition coefficient (Wildman–Crippen LogP) is 2.93. The number of aromatic nitrogens is 2. The van der Waals surface area contributed by atoms with Gasteiger partial charge in [-0.2, -0.15) is 4.31 Å². The van der Waals surface area contributed by atoms with E-state index >= 15 is 0 Å². The lowest BCUT2D eigenvalue weighted by molar-refractivity contribution is 0.168. The normalized spacial score (nSPS) is 19.1. The number of benzene rings is 1. The topological polar surface area (TPSA) is 78.9 Å². The third-order valence-electron chi connectivity index (χ3n) is 6.32. The van der Waals surface area contributed by atoms with Gasteiger partial charge < -0.3 is 9.64 Å². The number of rotatable bonds is 7. The molecule has 1 aromatic heterocycles. The highest BCUT2D eigenvalue weighted by Gasteiger charge is 2.24. The number of piperidine rings is 1. The fourth-order valence-corrected chi connectivity index (χ4v) is 5.61. The number of nitrogens with zero attached hydrogens (tertiary/aromatic N) is 5. The van der Waals surface area contributed by atoms with Gasteiger partial charge in [-0.1, -0.05) is 13.0 Å². The Balaban J connectivity index is 1.27. The summed E-state index contributed by atoms with van der Waals surface area (Å²) in [6, 6.07) is 6.24. The van der Waals surface area contributed by atoms with E-state index in [4.69, 9.17) is 4.74 Å². The molecule has 0 bridgehead atoms. The second-order valence-electron chi connectivity index (χ2n) is 8.75. The van der Waals surface area contributed by atoms with Gasteiger partial charge in [0.2, 0.25) is 16.0 Å². The van der Waals surface area contributed by atoms with Gasteiger partial charge in [-0.15, -0.1) is 0 Å². The molecule has 3 heterocycles. The summed E-state index contributed by atoms with van der Waals surface area (Å²) in [6.45, 7) is 7.25. The molecule has 0 amide bonds. The molecule has 2 aliphatic heterocycles. The van der Waals surface area contributed by atoms with E-state index in [9.17, 15) is 8.42 Å². The van der Waals surface area contributed by atoms with E-state index in [0.29, 0.717) is 13.1 Å². The zero-order valence-electron chi connectivity index (χ0n) is 19.3. The van der Waals surface area contributed by atoms with Gasteiger partial charge in [-0.3, -0.25) is 4.90 Å². The molecular formula is C23H32BrN5O3S. The molecule has 2 aliphatic rings. The first-order valence-electron chi connectivity index (χ1n) is 11.5. The van der Waals surface area contributed by atoms with Crippen LogP contribution >= 0.6 is 15.9 Å². The van der Waals surface area contributed by atoms with Crippen LogP contribution < -0.4 is 9.64 Å². The van der Waals surface area contributed by atoms with Crippen LogP contribution in [0.25, 0.3) is 0 Å². The fourth-order valence-electron chi connectivity index (χ4n) is 4.26. The Hall–Kier alpha value is -1.75. The van der Waals surface area contributed by atoms with Gasteiger partial charge in [0.15, 0.2) is 0 Å². The van der Waals surface area contributed by atoms with E-state index in [1.807, 2.05) is 18.5 Å². The quantitative estimate of drug-likeness (QED) is 0.537. The van der Waals surface area contributed by atoms with Crippen molar-refractivity contribution in [2.24, 2.45) is 0 Å². The molecule has 10 heteroatoms. The van der Waals surface area contributed by atoms with Crippen LogP contribution in [0, 0.1) is 0 Å². The van der Waals surface area contributed by atoms with Crippen molar-refractivity contribution in [1.82, 2.24) is 19.2 Å². The molecule has 0 spiro atoms. The van der Waals surface area contributed by atoms with Crippen molar-refractivity contribution in [3.63, 3.8) is 0 Å². The molecule has 2 aromatic rings. The van der Waals surface area contributed by atoms with Crippen LogP contribution in [0.2, 0.25) is 0 Å². The molecule has 8 nitrogen and oxygen atoms in total. The zero-order valence-corrected chi connectivity index (χ0v) is 21.7. The summed E-state index contributed by atoms with van der Waals surface area (Å²) in [6.07, 6.45) is 8.07. The van der Waals surface area contributed by atoms with Crippen molar-refractivity contribution in [1.29, 1.82) is 0 Å². The van der Waals surface area contributed by atoms with Gasteiger partial charge in [-0.05, 0) is 45.6 Å². The van der Waals surface area contributed by atoms with Crippen molar-refractivity contribution < 1.29 is 13.2 Å². The lowest BCUT2D eigenvalue weighted by Crippen LogP contribution is -2.47. The van der Waals surface area contributed by atoms with Gasteiger partial charge in [0.1, 0.15) is 11.9 Å². The minimum absolute atomic E-state index is 0.169. The lowest BCUT2D eigenvalue weighted by Gasteiger charge is -2.33. The van der Waals surface area contributed by atoms with Crippen LogP contribution in [0.15, 0.2) is 35.1 Å². The third-order valence-corrected chi connectivity index (χ3v) is 8.24. The minimum atomic E-state index is -3.10. The second-order valence-corrected chi connectivity index (χ2v) is 11.6. The van der Waals surface area contributed by atoms with E-state index in [1.165, 1.54) is 11.8 Å². The number of aryl methyl sites for hydroxylation is 1. The van der Waals surface area contributed by atoms with Crippen molar-refractivity contribution in [3.05, 3.63) is 46.2 Å². The fraction of sp³-hybridized carbons (Fsp3) is 0.565. The Morgan fingerprint density at radius 1 is 1.03 bits per heavy atom. The molecule has 33 heavy (non-hydrogen) atoms. The average molecular weight is 539 g/mol. The number of piperazine rings is 1. The van der Waals surface area contributed by atoms with E-state index in [2.05, 4.69) is 54.8 Å². The monoisotopic (exact) mass is 537 g/mol. The highest BCUT2D eigenvalue weighted by atomic mass is 79.9. The minimum Gasteiger partial charge on any atom is -0.489 e. The van der Waals surface area contributed by atoms with Crippen LogP contribution in [0.5, 0.6) is 5.75 Å². The molecule has 0 saturated carbocycles. The molecule has 2 fully saturated rings. The van der Waals surface area contributed by atoms with E-state index in [0.717, 1.165) is 73.7 Å². The maximum Gasteiger partial charge on any atom is 0.225 e. The first kappa shape index (κ1) is 24.4. The van der Waals surface area contributed by atoms with Crippen LogP contribution in [-0.2, 0) is 23.0 Å². The molecule has 0 radical (unpaired) electrons. The third kappa shape index (κ3) is 6.44. The van der Waals surface area contributed by atoms with Crippen LogP contribution in [0.3, 0.4) is 0 Å². The maximum absolute atomic E-state index is 11.7. The van der Waals surface area contributed by atoms with E-state index < -0.39 is 10.0 Å². The summed E-state index contributed by atoms with van der Waals surface area (Å²) < 4.78 is 32.2.